The summed E-state index contributed by atoms with van der Waals surface area (Å²) >= 11 is 11.9. The van der Waals surface area contributed by atoms with Crippen molar-refractivity contribution in [3.8, 4) is 0 Å². The summed E-state index contributed by atoms with van der Waals surface area (Å²) in [5.74, 6) is 0. The normalized spacial score (nSPS) is 18.7. The van der Waals surface area contributed by atoms with Gasteiger partial charge in [-0.1, -0.05) is 23.2 Å². The number of halogens is 2. The molecule has 1 aliphatic rings. The van der Waals surface area contributed by atoms with E-state index in [-0.39, 0.29) is 12.3 Å². The minimum atomic E-state index is -0.492. The molecule has 0 bridgehead atoms. The van der Waals surface area contributed by atoms with E-state index in [0.29, 0.717) is 16.6 Å². The summed E-state index contributed by atoms with van der Waals surface area (Å²) in [5, 5.41) is 4.31. The number of rotatable bonds is 2. The molecule has 4 nitrogen and oxygen atoms in total. The Kier molecular flexibility index (Phi) is 4.89. The number of nitrogens with zero attached hydrogens (tertiary/aromatic N) is 1. The Hall–Kier alpha value is -1.13. The summed E-state index contributed by atoms with van der Waals surface area (Å²) in [5.41, 5.74) is 0.346. The molecule has 2 rings (SSSR count). The molecular formula is C15H20Cl2N2O2. The molecule has 1 heterocycles. The second kappa shape index (κ2) is 6.32. The number of likely N-dealkylation sites (tertiary alicyclic amines) is 1. The van der Waals surface area contributed by atoms with Gasteiger partial charge in [0.25, 0.3) is 0 Å². The van der Waals surface area contributed by atoms with Gasteiger partial charge in [0.2, 0.25) is 0 Å². The van der Waals surface area contributed by atoms with Gasteiger partial charge in [-0.3, -0.25) is 4.90 Å². The molecule has 1 fully saturated rings. The Labute approximate surface area is 135 Å². The highest BCUT2D eigenvalue weighted by atomic mass is 35.5. The fourth-order valence-corrected chi connectivity index (χ4v) is 2.53. The van der Waals surface area contributed by atoms with Crippen LogP contribution in [0.3, 0.4) is 0 Å². The second-order valence-electron chi connectivity index (χ2n) is 6.10. The largest absolute Gasteiger partial charge is 0.444 e. The maximum absolute atomic E-state index is 12.2. The molecule has 0 radical (unpaired) electrons. The van der Waals surface area contributed by atoms with Gasteiger partial charge in [0.15, 0.2) is 0 Å². The van der Waals surface area contributed by atoms with E-state index in [9.17, 15) is 4.79 Å². The molecule has 6 heteroatoms. The topological polar surface area (TPSA) is 41.6 Å². The van der Waals surface area contributed by atoms with Crippen molar-refractivity contribution in [3.05, 3.63) is 28.2 Å². The van der Waals surface area contributed by atoms with Crippen molar-refractivity contribution in [2.24, 2.45) is 0 Å². The van der Waals surface area contributed by atoms with Gasteiger partial charge in [0.1, 0.15) is 11.8 Å². The van der Waals surface area contributed by atoms with Gasteiger partial charge in [-0.25, -0.2) is 4.79 Å². The molecule has 1 amide bonds. The van der Waals surface area contributed by atoms with Crippen molar-refractivity contribution in [3.63, 3.8) is 0 Å². The summed E-state index contributed by atoms with van der Waals surface area (Å²) in [6.45, 7) is 6.28. The average Bonchev–Trinajstić information content (AvgIpc) is 2.80. The number of amides is 1. The molecule has 21 heavy (non-hydrogen) atoms. The van der Waals surface area contributed by atoms with Crippen LogP contribution in [0.15, 0.2) is 18.2 Å². The van der Waals surface area contributed by atoms with Gasteiger partial charge < -0.3 is 10.1 Å². The van der Waals surface area contributed by atoms with Crippen molar-refractivity contribution in [1.29, 1.82) is 0 Å². The van der Waals surface area contributed by atoms with Crippen LogP contribution in [0.2, 0.25) is 10.0 Å². The fraction of sp³-hybridized carbons (Fsp3) is 0.533. The Bertz CT molecular complexity index is 529. The molecule has 116 valence electrons. The van der Waals surface area contributed by atoms with Crippen molar-refractivity contribution in [2.75, 3.05) is 11.9 Å². The smallest absolute Gasteiger partial charge is 0.411 e. The molecule has 1 aliphatic heterocycles. The first-order chi connectivity index (χ1) is 9.76. The van der Waals surface area contributed by atoms with Gasteiger partial charge in [0.05, 0.1) is 10.0 Å². The van der Waals surface area contributed by atoms with E-state index >= 15 is 0 Å². The monoisotopic (exact) mass is 330 g/mol. The highest BCUT2D eigenvalue weighted by molar-refractivity contribution is 6.42. The van der Waals surface area contributed by atoms with E-state index in [1.807, 2.05) is 26.8 Å². The van der Waals surface area contributed by atoms with Gasteiger partial charge in [-0.05, 0) is 51.8 Å². The minimum Gasteiger partial charge on any atom is -0.444 e. The Balaban J connectivity index is 2.05. The molecule has 1 atom stereocenters. The Morgan fingerprint density at radius 1 is 1.33 bits per heavy atom. The Morgan fingerprint density at radius 3 is 2.67 bits per heavy atom. The minimum absolute atomic E-state index is 0.0860. The number of nitrogens with one attached hydrogen (secondary N) is 1. The van der Waals surface area contributed by atoms with Crippen LogP contribution in [0.1, 0.15) is 33.6 Å². The lowest BCUT2D eigenvalue weighted by Gasteiger charge is -2.29. The average molecular weight is 331 g/mol. The molecule has 1 unspecified atom stereocenters. The quantitative estimate of drug-likeness (QED) is 0.849. The summed E-state index contributed by atoms with van der Waals surface area (Å²) in [4.78, 5) is 13.9. The number of carbonyl (C=O) groups is 1. The molecule has 1 aromatic carbocycles. The predicted octanol–water partition coefficient (Wildman–Crippen LogP) is 4.76. The third kappa shape index (κ3) is 4.42. The van der Waals surface area contributed by atoms with E-state index in [4.69, 9.17) is 27.9 Å². The summed E-state index contributed by atoms with van der Waals surface area (Å²) in [6.07, 6.45) is 1.44. The third-order valence-corrected chi connectivity index (χ3v) is 3.87. The van der Waals surface area contributed by atoms with Gasteiger partial charge in [0, 0.05) is 12.2 Å². The van der Waals surface area contributed by atoms with E-state index in [1.165, 1.54) is 0 Å². The number of carbonyl (C=O) groups excluding carboxylic acids is 1. The third-order valence-electron chi connectivity index (χ3n) is 3.13. The van der Waals surface area contributed by atoms with E-state index in [0.717, 1.165) is 18.5 Å². The van der Waals surface area contributed by atoms with E-state index < -0.39 is 5.60 Å². The van der Waals surface area contributed by atoms with Crippen molar-refractivity contribution in [2.45, 2.75) is 45.4 Å². The van der Waals surface area contributed by atoms with E-state index in [2.05, 4.69) is 5.32 Å². The number of ether oxygens (including phenoxy) is 1. The van der Waals surface area contributed by atoms with Crippen molar-refractivity contribution >= 4 is 35.0 Å². The number of anilines is 1. The van der Waals surface area contributed by atoms with Crippen molar-refractivity contribution in [1.82, 2.24) is 4.90 Å². The van der Waals surface area contributed by atoms with E-state index in [1.54, 1.807) is 17.0 Å². The highest BCUT2D eigenvalue weighted by Gasteiger charge is 2.32. The standard InChI is InChI=1S/C15H20Cl2N2O2/c1-15(2,3)21-14(20)19-8-4-5-13(19)18-10-6-7-11(16)12(17)9-10/h6-7,9,13,18H,4-5,8H2,1-3H3. The molecule has 0 aliphatic carbocycles. The molecule has 1 aromatic rings. The lowest BCUT2D eigenvalue weighted by molar-refractivity contribution is 0.0244. The number of hydrogen-bond acceptors (Lipinski definition) is 3. The first-order valence-corrected chi connectivity index (χ1v) is 7.73. The zero-order valence-electron chi connectivity index (χ0n) is 12.5. The van der Waals surface area contributed by atoms with Crippen LogP contribution < -0.4 is 5.32 Å². The van der Waals surface area contributed by atoms with Crippen LogP contribution in [0, 0.1) is 0 Å². The van der Waals surface area contributed by atoms with Crippen LogP contribution in [-0.2, 0) is 4.74 Å². The van der Waals surface area contributed by atoms with Crippen LogP contribution in [-0.4, -0.2) is 29.3 Å². The molecule has 0 aromatic heterocycles. The second-order valence-corrected chi connectivity index (χ2v) is 6.92. The first-order valence-electron chi connectivity index (χ1n) is 6.97. The zero-order chi connectivity index (χ0) is 15.6. The lowest BCUT2D eigenvalue weighted by Crippen LogP contribution is -2.43. The maximum atomic E-state index is 12.2. The summed E-state index contributed by atoms with van der Waals surface area (Å²) < 4.78 is 5.43. The molecule has 1 N–H and O–H groups in total. The van der Waals surface area contributed by atoms with Crippen LogP contribution in [0.5, 0.6) is 0 Å². The number of hydrogen-bond donors (Lipinski definition) is 1. The van der Waals surface area contributed by atoms with Crippen LogP contribution >= 0.6 is 23.2 Å². The molecular weight excluding hydrogens is 311 g/mol. The maximum Gasteiger partial charge on any atom is 0.411 e. The van der Waals surface area contributed by atoms with Gasteiger partial charge >= 0.3 is 6.09 Å². The first kappa shape index (κ1) is 16.2. The fourth-order valence-electron chi connectivity index (χ4n) is 2.23. The van der Waals surface area contributed by atoms with Gasteiger partial charge in [-0.15, -0.1) is 0 Å². The highest BCUT2D eigenvalue weighted by Crippen LogP contribution is 2.28. The predicted molar refractivity (Wildman–Crippen MR) is 86.0 cm³/mol. The zero-order valence-corrected chi connectivity index (χ0v) is 14.0. The molecule has 0 saturated carbocycles. The van der Waals surface area contributed by atoms with Crippen LogP contribution in [0.25, 0.3) is 0 Å². The van der Waals surface area contributed by atoms with Crippen molar-refractivity contribution < 1.29 is 9.53 Å². The lowest BCUT2D eigenvalue weighted by atomic mass is 10.2. The Morgan fingerprint density at radius 2 is 2.05 bits per heavy atom. The number of benzene rings is 1. The SMILES string of the molecule is CC(C)(C)OC(=O)N1CCCC1Nc1ccc(Cl)c(Cl)c1. The summed E-state index contributed by atoms with van der Waals surface area (Å²) in [7, 11) is 0. The van der Waals surface area contributed by atoms with Crippen LogP contribution in [0.4, 0.5) is 10.5 Å². The molecule has 1 saturated heterocycles. The van der Waals surface area contributed by atoms with Gasteiger partial charge in [-0.2, -0.15) is 0 Å². The summed E-state index contributed by atoms with van der Waals surface area (Å²) in [6, 6.07) is 5.34. The molecule has 0 spiro atoms.